The zero-order valence-electron chi connectivity index (χ0n) is 9.24. The van der Waals surface area contributed by atoms with Gasteiger partial charge in [-0.1, -0.05) is 17.7 Å². The molecule has 0 spiro atoms. The highest BCUT2D eigenvalue weighted by Crippen LogP contribution is 2.29. The molecule has 0 fully saturated rings. The van der Waals surface area contributed by atoms with Gasteiger partial charge in [-0.25, -0.2) is 4.98 Å². The minimum atomic E-state index is -4.48. The minimum absolute atomic E-state index is 0.0856. The molecule has 0 saturated carbocycles. The Morgan fingerprint density at radius 1 is 1.16 bits per heavy atom. The fourth-order valence-corrected chi connectivity index (χ4v) is 1.66. The first-order valence-electron chi connectivity index (χ1n) is 5.01. The molecular formula is C12H5ClF3N3. The van der Waals surface area contributed by atoms with E-state index in [1.807, 2.05) is 6.07 Å². The quantitative estimate of drug-likeness (QED) is 0.750. The summed E-state index contributed by atoms with van der Waals surface area (Å²) in [5, 5.41) is 8.84. The van der Waals surface area contributed by atoms with Crippen molar-refractivity contribution in [3.05, 3.63) is 47.0 Å². The van der Waals surface area contributed by atoms with Gasteiger partial charge in [0.1, 0.15) is 22.6 Å². The van der Waals surface area contributed by atoms with Crippen molar-refractivity contribution < 1.29 is 13.2 Å². The van der Waals surface area contributed by atoms with E-state index in [9.17, 15) is 13.2 Å². The summed E-state index contributed by atoms with van der Waals surface area (Å²) in [5.41, 5.74) is 0.0193. The highest BCUT2D eigenvalue weighted by Gasteiger charge is 2.32. The van der Waals surface area contributed by atoms with Crippen LogP contribution < -0.4 is 0 Å². The molecule has 19 heavy (non-hydrogen) atoms. The summed E-state index contributed by atoms with van der Waals surface area (Å²) in [6.45, 7) is 0. The number of alkyl halides is 3. The van der Waals surface area contributed by atoms with Gasteiger partial charge >= 0.3 is 6.18 Å². The monoisotopic (exact) mass is 283 g/mol. The maximum atomic E-state index is 12.4. The third-order valence-electron chi connectivity index (χ3n) is 2.30. The lowest BCUT2D eigenvalue weighted by atomic mass is 10.1. The number of aromatic nitrogens is 2. The zero-order chi connectivity index (χ0) is 14.0. The fraction of sp³-hybridized carbons (Fsp3) is 0.0833. The van der Waals surface area contributed by atoms with Gasteiger partial charge in [-0.15, -0.1) is 0 Å². The van der Waals surface area contributed by atoms with Gasteiger partial charge < -0.3 is 0 Å². The SMILES string of the molecule is N#Cc1cc(-c2ccc(C(F)(F)F)nc2)cc(Cl)n1. The normalized spacial score (nSPS) is 11.1. The first-order chi connectivity index (χ1) is 8.90. The van der Waals surface area contributed by atoms with Crippen LogP contribution in [0.15, 0.2) is 30.5 Å². The van der Waals surface area contributed by atoms with E-state index in [1.54, 1.807) is 0 Å². The van der Waals surface area contributed by atoms with Gasteiger partial charge in [0.15, 0.2) is 0 Å². The summed E-state index contributed by atoms with van der Waals surface area (Å²) in [4.78, 5) is 7.08. The molecule has 0 radical (unpaired) electrons. The van der Waals surface area contributed by atoms with E-state index in [1.165, 1.54) is 18.2 Å². The number of halogens is 4. The highest BCUT2D eigenvalue weighted by atomic mass is 35.5. The lowest BCUT2D eigenvalue weighted by molar-refractivity contribution is -0.141. The lowest BCUT2D eigenvalue weighted by Crippen LogP contribution is -2.07. The maximum absolute atomic E-state index is 12.4. The molecule has 2 rings (SSSR count). The summed E-state index contributed by atoms with van der Waals surface area (Å²) in [7, 11) is 0. The third kappa shape index (κ3) is 3.01. The smallest absolute Gasteiger partial charge is 0.251 e. The summed E-state index contributed by atoms with van der Waals surface area (Å²) in [6.07, 6.45) is -3.40. The van der Waals surface area contributed by atoms with Gasteiger partial charge in [-0.3, -0.25) is 4.98 Å². The fourth-order valence-electron chi connectivity index (χ4n) is 1.45. The van der Waals surface area contributed by atoms with E-state index in [4.69, 9.17) is 16.9 Å². The summed E-state index contributed by atoms with van der Waals surface area (Å²) in [5.74, 6) is 0. The van der Waals surface area contributed by atoms with E-state index in [-0.39, 0.29) is 10.8 Å². The van der Waals surface area contributed by atoms with Crippen LogP contribution in [0.3, 0.4) is 0 Å². The van der Waals surface area contributed by atoms with Gasteiger partial charge in [0.05, 0.1) is 0 Å². The average Bonchev–Trinajstić information content (AvgIpc) is 2.37. The van der Waals surface area contributed by atoms with Crippen LogP contribution in [0.4, 0.5) is 13.2 Å². The average molecular weight is 284 g/mol. The Balaban J connectivity index is 2.43. The van der Waals surface area contributed by atoms with Crippen LogP contribution in [-0.2, 0) is 6.18 Å². The summed E-state index contributed by atoms with van der Waals surface area (Å²) in [6, 6.07) is 6.83. The van der Waals surface area contributed by atoms with Crippen LogP contribution in [0.5, 0.6) is 0 Å². The molecule has 7 heteroatoms. The molecule has 0 aliphatic heterocycles. The molecule has 0 N–H and O–H groups in total. The van der Waals surface area contributed by atoms with E-state index in [2.05, 4.69) is 9.97 Å². The standard InChI is InChI=1S/C12H5ClF3N3/c13-11-4-8(3-9(5-17)19-11)7-1-2-10(18-6-7)12(14,15)16/h1-4,6H. The molecular weight excluding hydrogens is 279 g/mol. The largest absolute Gasteiger partial charge is 0.433 e. The van der Waals surface area contributed by atoms with Gasteiger partial charge in [0.25, 0.3) is 0 Å². The van der Waals surface area contributed by atoms with Crippen LogP contribution in [0, 0.1) is 11.3 Å². The Morgan fingerprint density at radius 3 is 2.42 bits per heavy atom. The first kappa shape index (κ1) is 13.3. The van der Waals surface area contributed by atoms with Crippen molar-refractivity contribution in [1.82, 2.24) is 9.97 Å². The Bertz CT molecular complexity index is 645. The molecule has 0 aliphatic rings. The molecule has 2 aromatic rings. The van der Waals surface area contributed by atoms with Gasteiger partial charge in [0, 0.05) is 11.8 Å². The van der Waals surface area contributed by atoms with E-state index >= 15 is 0 Å². The molecule has 0 bridgehead atoms. The molecule has 0 amide bonds. The van der Waals surface area contributed by atoms with Crippen molar-refractivity contribution >= 4 is 11.6 Å². The highest BCUT2D eigenvalue weighted by molar-refractivity contribution is 6.29. The third-order valence-corrected chi connectivity index (χ3v) is 2.49. The Hall–Kier alpha value is -2.13. The lowest BCUT2D eigenvalue weighted by Gasteiger charge is -2.07. The number of hydrogen-bond acceptors (Lipinski definition) is 3. The topological polar surface area (TPSA) is 49.6 Å². The molecule has 3 nitrogen and oxygen atoms in total. The van der Waals surface area contributed by atoms with Crippen molar-refractivity contribution in [2.45, 2.75) is 6.18 Å². The van der Waals surface area contributed by atoms with Crippen molar-refractivity contribution in [2.24, 2.45) is 0 Å². The Morgan fingerprint density at radius 2 is 1.89 bits per heavy atom. The zero-order valence-corrected chi connectivity index (χ0v) is 10.00. The molecule has 0 atom stereocenters. The molecule has 96 valence electrons. The molecule has 0 unspecified atom stereocenters. The van der Waals surface area contributed by atoms with Crippen LogP contribution in [0.1, 0.15) is 11.4 Å². The molecule has 0 aromatic carbocycles. The number of rotatable bonds is 1. The predicted octanol–water partition coefficient (Wildman–Crippen LogP) is 3.69. The summed E-state index contributed by atoms with van der Waals surface area (Å²) < 4.78 is 37.1. The second kappa shape index (κ2) is 4.86. The van der Waals surface area contributed by atoms with Gasteiger partial charge in [-0.05, 0) is 23.8 Å². The van der Waals surface area contributed by atoms with Crippen molar-refractivity contribution in [2.75, 3.05) is 0 Å². The van der Waals surface area contributed by atoms with Crippen LogP contribution in [0.2, 0.25) is 5.15 Å². The second-order valence-corrected chi connectivity index (χ2v) is 3.99. The van der Waals surface area contributed by atoms with E-state index in [0.29, 0.717) is 11.1 Å². The molecule has 2 heterocycles. The number of nitrogens with zero attached hydrogens (tertiary/aromatic N) is 3. The van der Waals surface area contributed by atoms with Crippen molar-refractivity contribution in [3.8, 4) is 17.2 Å². The second-order valence-electron chi connectivity index (χ2n) is 3.61. The van der Waals surface area contributed by atoms with E-state index < -0.39 is 11.9 Å². The first-order valence-corrected chi connectivity index (χ1v) is 5.39. The maximum Gasteiger partial charge on any atom is 0.433 e. The molecule has 0 saturated heterocycles. The Kier molecular flexibility index (Phi) is 3.40. The van der Waals surface area contributed by atoms with Crippen LogP contribution in [0.25, 0.3) is 11.1 Å². The summed E-state index contributed by atoms with van der Waals surface area (Å²) >= 11 is 5.72. The number of nitriles is 1. The number of pyridine rings is 2. The van der Waals surface area contributed by atoms with Crippen molar-refractivity contribution in [3.63, 3.8) is 0 Å². The van der Waals surface area contributed by atoms with Gasteiger partial charge in [-0.2, -0.15) is 18.4 Å². The van der Waals surface area contributed by atoms with Crippen LogP contribution >= 0.6 is 11.6 Å². The van der Waals surface area contributed by atoms with Crippen LogP contribution in [-0.4, -0.2) is 9.97 Å². The van der Waals surface area contributed by atoms with E-state index in [0.717, 1.165) is 12.3 Å². The minimum Gasteiger partial charge on any atom is -0.251 e. The number of hydrogen-bond donors (Lipinski definition) is 0. The molecule has 2 aromatic heterocycles. The van der Waals surface area contributed by atoms with Gasteiger partial charge in [0.2, 0.25) is 0 Å². The Labute approximate surface area is 111 Å². The van der Waals surface area contributed by atoms with Crippen molar-refractivity contribution in [1.29, 1.82) is 5.26 Å². The molecule has 0 aliphatic carbocycles. The predicted molar refractivity (Wildman–Crippen MR) is 62.2 cm³/mol.